The molecule has 4 atom stereocenters. The second kappa shape index (κ2) is 16.1. The Morgan fingerprint density at radius 1 is 0.712 bits per heavy atom. The summed E-state index contributed by atoms with van der Waals surface area (Å²) in [5.74, 6) is 1.29. The second-order valence-corrected chi connectivity index (χ2v) is 29.7. The van der Waals surface area contributed by atoms with Crippen LogP contribution in [-0.4, -0.2) is 58.4 Å². The topological polar surface area (TPSA) is 36.9 Å². The zero-order valence-electron chi connectivity index (χ0n) is 30.6. The van der Waals surface area contributed by atoms with Gasteiger partial charge in [-0.05, 0) is 0 Å². The van der Waals surface area contributed by atoms with Gasteiger partial charge in [0.05, 0.1) is 0 Å². The van der Waals surface area contributed by atoms with E-state index in [1.807, 2.05) is 0 Å². The Kier molecular flexibility index (Phi) is 11.3. The summed E-state index contributed by atoms with van der Waals surface area (Å²) in [7, 11) is -2.81. The molecule has 0 unspecified atom stereocenters. The van der Waals surface area contributed by atoms with Gasteiger partial charge in [-0.15, -0.1) is 0 Å². The number of ether oxygens (including phenoxy) is 3. The quantitative estimate of drug-likeness (QED) is 0.102. The first-order chi connectivity index (χ1) is 25.3. The minimum atomic E-state index is -3.75. The average Bonchev–Trinajstić information content (AvgIpc) is 3.60. The van der Waals surface area contributed by atoms with Crippen LogP contribution >= 0.6 is 0 Å². The fraction of sp³-hybridized carbons (Fsp3) is 0.261. The van der Waals surface area contributed by atoms with Crippen LogP contribution in [0.2, 0.25) is 5.04 Å². The number of hydrogen-bond acceptors (Lipinski definition) is 4. The summed E-state index contributed by atoms with van der Waals surface area (Å²) >= 11 is -3.75. The van der Waals surface area contributed by atoms with Crippen LogP contribution in [0.4, 0.5) is 0 Å². The fourth-order valence-corrected chi connectivity index (χ4v) is 25.3. The van der Waals surface area contributed by atoms with Gasteiger partial charge in [-0.1, -0.05) is 0 Å². The molecule has 2 heterocycles. The van der Waals surface area contributed by atoms with Crippen molar-refractivity contribution in [1.82, 2.24) is 0 Å². The number of fused-ring (bicyclic) bond motifs is 1. The monoisotopic (exact) mass is 814 g/mol. The van der Waals surface area contributed by atoms with Gasteiger partial charge in [0, 0.05) is 0 Å². The predicted octanol–water partition coefficient (Wildman–Crippen LogP) is 6.88. The Labute approximate surface area is 315 Å². The van der Waals surface area contributed by atoms with Gasteiger partial charge < -0.3 is 0 Å². The predicted molar refractivity (Wildman–Crippen MR) is 218 cm³/mol. The zero-order chi connectivity index (χ0) is 36.0. The molecule has 266 valence electrons. The van der Waals surface area contributed by atoms with Crippen molar-refractivity contribution in [3.63, 3.8) is 0 Å². The summed E-state index contributed by atoms with van der Waals surface area (Å²) in [5, 5.41) is 2.35. The van der Waals surface area contributed by atoms with Crippen molar-refractivity contribution in [1.29, 1.82) is 0 Å². The number of allylic oxidation sites excluding steroid dienone is 1. The Bertz CT molecular complexity index is 1780. The van der Waals surface area contributed by atoms with Crippen molar-refractivity contribution >= 4 is 47.8 Å². The molecule has 2 aliphatic heterocycles. The summed E-state index contributed by atoms with van der Waals surface area (Å²) in [5.41, 5.74) is 0. The van der Waals surface area contributed by atoms with Gasteiger partial charge in [-0.25, -0.2) is 0 Å². The Hall–Kier alpha value is -3.72. The van der Waals surface area contributed by atoms with Crippen molar-refractivity contribution in [2.24, 2.45) is 5.92 Å². The maximum absolute atomic E-state index is 7.46. The van der Waals surface area contributed by atoms with Crippen LogP contribution in [0.3, 0.4) is 0 Å². The molecule has 2 fully saturated rings. The maximum atomic E-state index is 7.46. The minimum absolute atomic E-state index is 0.153. The van der Waals surface area contributed by atoms with Gasteiger partial charge in [0.1, 0.15) is 0 Å². The second-order valence-electron chi connectivity index (χ2n) is 15.0. The normalized spacial score (nSPS) is 21.3. The van der Waals surface area contributed by atoms with E-state index in [4.69, 9.17) is 18.6 Å². The molecule has 4 nitrogen and oxygen atoms in total. The molecule has 2 saturated heterocycles. The van der Waals surface area contributed by atoms with Crippen LogP contribution in [0.25, 0.3) is 0 Å². The molecule has 5 aromatic rings. The van der Waals surface area contributed by atoms with Crippen LogP contribution in [0.5, 0.6) is 0 Å². The molecule has 0 bridgehead atoms. The van der Waals surface area contributed by atoms with Gasteiger partial charge in [0.15, 0.2) is 0 Å². The van der Waals surface area contributed by atoms with E-state index in [9.17, 15) is 0 Å². The summed E-state index contributed by atoms with van der Waals surface area (Å²) in [4.78, 5) is 0. The van der Waals surface area contributed by atoms with E-state index >= 15 is 0 Å². The molecule has 52 heavy (non-hydrogen) atoms. The van der Waals surface area contributed by atoms with E-state index in [0.29, 0.717) is 13.2 Å². The van der Waals surface area contributed by atoms with Crippen LogP contribution in [0.15, 0.2) is 174 Å². The van der Waals surface area contributed by atoms with Crippen LogP contribution in [-0.2, 0) is 18.6 Å². The number of rotatable bonds is 12. The van der Waals surface area contributed by atoms with E-state index < -0.39 is 26.7 Å². The molecule has 0 aromatic heterocycles. The molecular formula is C46H50O4SiSn. The third-order valence-electron chi connectivity index (χ3n) is 10.7. The first-order valence-corrected chi connectivity index (χ1v) is 26.4. The molecule has 2 aliphatic rings. The molecule has 5 aromatic carbocycles. The van der Waals surface area contributed by atoms with Crippen LogP contribution < -0.4 is 21.1 Å². The van der Waals surface area contributed by atoms with Gasteiger partial charge in [0.2, 0.25) is 0 Å². The van der Waals surface area contributed by atoms with Gasteiger partial charge in [-0.3, -0.25) is 0 Å². The fourth-order valence-electron chi connectivity index (χ4n) is 8.44. The Morgan fingerprint density at radius 3 is 1.62 bits per heavy atom. The van der Waals surface area contributed by atoms with E-state index in [-0.39, 0.29) is 29.5 Å². The van der Waals surface area contributed by atoms with Crippen molar-refractivity contribution in [2.75, 3.05) is 13.2 Å². The summed E-state index contributed by atoms with van der Waals surface area (Å²) in [6.45, 7) is 11.7. The van der Waals surface area contributed by atoms with Gasteiger partial charge in [-0.2, -0.15) is 0 Å². The molecule has 0 aliphatic carbocycles. The third kappa shape index (κ3) is 7.26. The molecule has 6 heteroatoms. The van der Waals surface area contributed by atoms with Crippen LogP contribution in [0.1, 0.15) is 33.6 Å². The SMILES string of the molecule is C=CCO[C@@H]1C[C@@H]2C/C(=[CH]/[Sn]([c]3ccccc3)([c]3ccccc3)[c]3ccccc3)O[C@@H]2[C@@H](CO[Si](c2ccccc2)(c2ccccc2)C(C)(C)C)O1. The van der Waals surface area contributed by atoms with E-state index in [1.165, 1.54) is 21.1 Å². The third-order valence-corrected chi connectivity index (χ3v) is 28.6. The van der Waals surface area contributed by atoms with E-state index in [0.717, 1.165) is 18.6 Å². The first-order valence-electron chi connectivity index (χ1n) is 18.5. The van der Waals surface area contributed by atoms with Gasteiger partial charge in [0.25, 0.3) is 0 Å². The molecular weight excluding hydrogens is 763 g/mol. The molecule has 0 saturated carbocycles. The van der Waals surface area contributed by atoms with Crippen molar-refractivity contribution in [3.05, 3.63) is 174 Å². The van der Waals surface area contributed by atoms with Crippen molar-refractivity contribution in [2.45, 2.75) is 57.1 Å². The number of benzene rings is 5. The molecule has 0 N–H and O–H groups in total. The van der Waals surface area contributed by atoms with Crippen molar-refractivity contribution in [3.8, 4) is 0 Å². The molecule has 7 rings (SSSR count). The standard InChI is InChI=1S/C28H35O4Si.3C6H5.Sn/c1-6-17-29-26-19-22-18-21(2)31-27(22)25(32-26)20-30-33(28(3,4)5,23-13-9-7-10-14-23)24-15-11-8-12-16-24;3*1-2-4-6-5-3-1;/h2,6-16,22,25-27H,1,17-20H2,3-5H3;3*1-5H;/t22-,25+,26-,27-;;;;/m0..../s1. The summed E-state index contributed by atoms with van der Waals surface area (Å²) < 4.78 is 34.4. The Morgan fingerprint density at radius 2 is 1.17 bits per heavy atom. The molecule has 0 spiro atoms. The van der Waals surface area contributed by atoms with E-state index in [2.05, 4.69) is 183 Å². The average molecular weight is 814 g/mol. The van der Waals surface area contributed by atoms with E-state index in [1.54, 1.807) is 6.08 Å². The molecule has 0 amide bonds. The van der Waals surface area contributed by atoms with Crippen LogP contribution in [0, 0.1) is 5.92 Å². The first kappa shape index (κ1) is 36.6. The summed E-state index contributed by atoms with van der Waals surface area (Å²) in [6, 6.07) is 54.9. The summed E-state index contributed by atoms with van der Waals surface area (Å²) in [6.07, 6.45) is 2.57. The zero-order valence-corrected chi connectivity index (χ0v) is 34.4. The molecule has 0 radical (unpaired) electrons. The number of hydrogen-bond donors (Lipinski definition) is 0. The van der Waals surface area contributed by atoms with Crippen molar-refractivity contribution < 1.29 is 18.6 Å². The Balaban J connectivity index is 1.29. The van der Waals surface area contributed by atoms with Gasteiger partial charge >= 0.3 is 317 Å².